The third-order valence-electron chi connectivity index (χ3n) is 5.31. The number of benzene rings is 2. The van der Waals surface area contributed by atoms with E-state index in [-0.39, 0.29) is 10.8 Å². The van der Waals surface area contributed by atoms with Crippen LogP contribution in [-0.4, -0.2) is 35.4 Å². The molecule has 2 atom stereocenters. The van der Waals surface area contributed by atoms with Gasteiger partial charge in [0.15, 0.2) is 0 Å². The van der Waals surface area contributed by atoms with Crippen molar-refractivity contribution in [2.24, 2.45) is 0 Å². The van der Waals surface area contributed by atoms with E-state index in [2.05, 4.69) is 0 Å². The number of nitrogens with zero attached hydrogens (tertiary/aromatic N) is 2. The Morgan fingerprint density at radius 2 is 1.89 bits per heavy atom. The SMILES string of the molecule is COc1cccc([C@H](C2=C(C)C(=O)N(Cc3ccccc3)C2)[C@H](C)[N+](=O)[O-])c1. The highest BCUT2D eigenvalue weighted by molar-refractivity contribution is 5.96. The summed E-state index contributed by atoms with van der Waals surface area (Å²) >= 11 is 0. The van der Waals surface area contributed by atoms with Gasteiger partial charge in [0, 0.05) is 30.5 Å². The number of hydrogen-bond acceptors (Lipinski definition) is 4. The fourth-order valence-corrected chi connectivity index (χ4v) is 3.76. The molecule has 0 saturated heterocycles. The van der Waals surface area contributed by atoms with Gasteiger partial charge in [0.1, 0.15) is 5.75 Å². The van der Waals surface area contributed by atoms with Crippen LogP contribution in [0.15, 0.2) is 65.7 Å². The van der Waals surface area contributed by atoms with Gasteiger partial charge in [0.05, 0.1) is 13.0 Å². The first kappa shape index (κ1) is 19.6. The third kappa shape index (κ3) is 3.91. The number of rotatable bonds is 7. The monoisotopic (exact) mass is 380 g/mol. The van der Waals surface area contributed by atoms with E-state index in [1.165, 1.54) is 0 Å². The van der Waals surface area contributed by atoms with Crippen LogP contribution < -0.4 is 4.74 Å². The zero-order chi connectivity index (χ0) is 20.3. The highest BCUT2D eigenvalue weighted by Gasteiger charge is 2.39. The molecule has 0 radical (unpaired) electrons. The fraction of sp³-hybridized carbons (Fsp3) is 0.318. The molecule has 1 amide bonds. The van der Waals surface area contributed by atoms with Gasteiger partial charge in [-0.2, -0.15) is 0 Å². The second-order valence-electron chi connectivity index (χ2n) is 7.08. The predicted molar refractivity (Wildman–Crippen MR) is 107 cm³/mol. The highest BCUT2D eigenvalue weighted by Crippen LogP contribution is 2.37. The van der Waals surface area contributed by atoms with E-state index in [0.29, 0.717) is 24.4 Å². The maximum absolute atomic E-state index is 12.8. The number of ether oxygens (including phenoxy) is 1. The number of hydrogen-bond donors (Lipinski definition) is 0. The van der Waals surface area contributed by atoms with Gasteiger partial charge >= 0.3 is 0 Å². The van der Waals surface area contributed by atoms with Crippen LogP contribution in [0.5, 0.6) is 5.75 Å². The normalized spacial score (nSPS) is 16.2. The van der Waals surface area contributed by atoms with Crippen LogP contribution >= 0.6 is 0 Å². The maximum Gasteiger partial charge on any atom is 0.250 e. The molecule has 0 unspecified atom stereocenters. The van der Waals surface area contributed by atoms with Crippen molar-refractivity contribution in [2.75, 3.05) is 13.7 Å². The molecule has 0 N–H and O–H groups in total. The van der Waals surface area contributed by atoms with Crippen LogP contribution in [0.25, 0.3) is 0 Å². The standard InChI is InChI=1S/C22H24N2O4/c1-15-20(14-23(22(15)25)13-17-8-5-4-6-9-17)21(16(2)24(26)27)18-10-7-11-19(12-18)28-3/h4-12,16,21H,13-14H2,1-3H3/t16-,21+/m0/s1. The molecule has 0 fully saturated rings. The lowest BCUT2D eigenvalue weighted by Crippen LogP contribution is -2.29. The second kappa shape index (κ2) is 8.25. The van der Waals surface area contributed by atoms with Crippen LogP contribution in [0.2, 0.25) is 0 Å². The summed E-state index contributed by atoms with van der Waals surface area (Å²) in [6.07, 6.45) is 0. The smallest absolute Gasteiger partial charge is 0.250 e. The Bertz CT molecular complexity index is 908. The lowest BCUT2D eigenvalue weighted by Gasteiger charge is -2.23. The van der Waals surface area contributed by atoms with Crippen LogP contribution in [-0.2, 0) is 11.3 Å². The minimum Gasteiger partial charge on any atom is -0.497 e. The van der Waals surface area contributed by atoms with Crippen LogP contribution in [0.1, 0.15) is 30.9 Å². The van der Waals surface area contributed by atoms with E-state index in [0.717, 1.165) is 16.7 Å². The molecule has 146 valence electrons. The number of amides is 1. The van der Waals surface area contributed by atoms with Crippen molar-refractivity contribution >= 4 is 5.91 Å². The molecular weight excluding hydrogens is 356 g/mol. The number of carbonyl (C=O) groups is 1. The zero-order valence-electron chi connectivity index (χ0n) is 16.3. The van der Waals surface area contributed by atoms with Crippen molar-refractivity contribution in [3.8, 4) is 5.75 Å². The van der Waals surface area contributed by atoms with Gasteiger partial charge in [0.25, 0.3) is 0 Å². The van der Waals surface area contributed by atoms with E-state index in [1.54, 1.807) is 31.9 Å². The van der Waals surface area contributed by atoms with Crippen molar-refractivity contribution in [1.82, 2.24) is 4.90 Å². The quantitative estimate of drug-likeness (QED) is 0.541. The second-order valence-corrected chi connectivity index (χ2v) is 7.08. The summed E-state index contributed by atoms with van der Waals surface area (Å²) in [5.74, 6) is 0.0823. The fourth-order valence-electron chi connectivity index (χ4n) is 3.76. The van der Waals surface area contributed by atoms with Crippen molar-refractivity contribution in [3.05, 3.63) is 87.0 Å². The maximum atomic E-state index is 12.8. The first-order valence-electron chi connectivity index (χ1n) is 9.22. The Labute approximate surface area is 164 Å². The zero-order valence-corrected chi connectivity index (χ0v) is 16.3. The number of carbonyl (C=O) groups excluding carboxylic acids is 1. The molecule has 0 saturated carbocycles. The molecule has 1 heterocycles. The molecule has 0 spiro atoms. The molecule has 3 rings (SSSR count). The van der Waals surface area contributed by atoms with Crippen molar-refractivity contribution in [1.29, 1.82) is 0 Å². The number of methoxy groups -OCH3 is 1. The van der Waals surface area contributed by atoms with Crippen LogP contribution in [0, 0.1) is 10.1 Å². The molecular formula is C22H24N2O4. The van der Waals surface area contributed by atoms with E-state index >= 15 is 0 Å². The average Bonchev–Trinajstić information content (AvgIpc) is 2.97. The Morgan fingerprint density at radius 3 is 2.54 bits per heavy atom. The van der Waals surface area contributed by atoms with Crippen molar-refractivity contribution in [2.45, 2.75) is 32.4 Å². The Hall–Kier alpha value is -3.15. The summed E-state index contributed by atoms with van der Waals surface area (Å²) < 4.78 is 5.29. The summed E-state index contributed by atoms with van der Waals surface area (Å²) in [5, 5.41) is 11.6. The molecule has 1 aliphatic rings. The van der Waals surface area contributed by atoms with Gasteiger partial charge < -0.3 is 9.64 Å². The molecule has 6 nitrogen and oxygen atoms in total. The van der Waals surface area contributed by atoms with Crippen molar-refractivity contribution in [3.63, 3.8) is 0 Å². The number of nitro groups is 1. The predicted octanol–water partition coefficient (Wildman–Crippen LogP) is 3.80. The third-order valence-corrected chi connectivity index (χ3v) is 5.31. The molecule has 28 heavy (non-hydrogen) atoms. The molecule has 1 aliphatic heterocycles. The summed E-state index contributed by atoms with van der Waals surface area (Å²) in [6.45, 7) is 4.23. The van der Waals surface area contributed by atoms with E-state index in [1.807, 2.05) is 48.5 Å². The Kier molecular flexibility index (Phi) is 5.78. The van der Waals surface area contributed by atoms with Gasteiger partial charge in [-0.25, -0.2) is 0 Å². The summed E-state index contributed by atoms with van der Waals surface area (Å²) in [5.41, 5.74) is 3.22. The van der Waals surface area contributed by atoms with E-state index < -0.39 is 12.0 Å². The van der Waals surface area contributed by atoms with Gasteiger partial charge in [-0.05, 0) is 35.8 Å². The van der Waals surface area contributed by atoms with Gasteiger partial charge in [-0.3, -0.25) is 14.9 Å². The van der Waals surface area contributed by atoms with Gasteiger partial charge in [-0.15, -0.1) is 0 Å². The van der Waals surface area contributed by atoms with Crippen molar-refractivity contribution < 1.29 is 14.5 Å². The molecule has 0 bridgehead atoms. The Balaban J connectivity index is 1.95. The minimum atomic E-state index is -0.860. The molecule has 2 aromatic rings. The molecule has 0 aliphatic carbocycles. The van der Waals surface area contributed by atoms with Crippen LogP contribution in [0.4, 0.5) is 0 Å². The van der Waals surface area contributed by atoms with Gasteiger partial charge in [-0.1, -0.05) is 42.5 Å². The summed E-state index contributed by atoms with van der Waals surface area (Å²) in [4.78, 5) is 26.0. The summed E-state index contributed by atoms with van der Waals surface area (Å²) in [6, 6.07) is 16.2. The average molecular weight is 380 g/mol. The molecule has 2 aromatic carbocycles. The first-order valence-corrected chi connectivity index (χ1v) is 9.22. The lowest BCUT2D eigenvalue weighted by molar-refractivity contribution is -0.520. The minimum absolute atomic E-state index is 0.0673. The van der Waals surface area contributed by atoms with Gasteiger partial charge in [0.2, 0.25) is 11.9 Å². The lowest BCUT2D eigenvalue weighted by atomic mass is 9.84. The largest absolute Gasteiger partial charge is 0.497 e. The topological polar surface area (TPSA) is 72.7 Å². The van der Waals surface area contributed by atoms with Crippen LogP contribution in [0.3, 0.4) is 0 Å². The highest BCUT2D eigenvalue weighted by atomic mass is 16.6. The van der Waals surface area contributed by atoms with E-state index in [9.17, 15) is 14.9 Å². The summed E-state index contributed by atoms with van der Waals surface area (Å²) in [7, 11) is 1.57. The first-order chi connectivity index (χ1) is 13.4. The Morgan fingerprint density at radius 1 is 1.18 bits per heavy atom. The molecule has 6 heteroatoms. The molecule has 0 aromatic heterocycles. The van der Waals surface area contributed by atoms with E-state index in [4.69, 9.17) is 4.74 Å².